The Morgan fingerprint density at radius 3 is 2.71 bits per heavy atom. The molecule has 1 aliphatic heterocycles. The van der Waals surface area contributed by atoms with Gasteiger partial charge in [0, 0.05) is 17.4 Å². The molecule has 164 valence electrons. The van der Waals surface area contributed by atoms with E-state index in [1.807, 2.05) is 0 Å². The van der Waals surface area contributed by atoms with Gasteiger partial charge in [0.05, 0.1) is 36.6 Å². The second kappa shape index (κ2) is 9.43. The molecule has 5 N–H and O–H groups in total. The van der Waals surface area contributed by atoms with Crippen LogP contribution in [0, 0.1) is 5.92 Å². The molecule has 2 bridgehead atoms. The minimum absolute atomic E-state index is 0.197. The Balaban J connectivity index is 2.11. The Labute approximate surface area is 178 Å². The lowest BCUT2D eigenvalue weighted by molar-refractivity contribution is -0.122. The maximum atomic E-state index is 12.8. The SMILES string of the molecule is COC(=O)Nc1ccc2c(c1)NC(=O)[C@H](C)C(O)CC[C@H](NC(=O)O)c1cc-2ccn1. The quantitative estimate of drug-likeness (QED) is 0.493. The maximum Gasteiger partial charge on any atom is 0.411 e. The number of nitrogens with one attached hydrogen (secondary N) is 3. The highest BCUT2D eigenvalue weighted by Crippen LogP contribution is 2.33. The van der Waals surface area contributed by atoms with Crippen molar-refractivity contribution in [3.8, 4) is 11.1 Å². The van der Waals surface area contributed by atoms with Gasteiger partial charge >= 0.3 is 12.2 Å². The monoisotopic (exact) mass is 428 g/mol. The highest BCUT2D eigenvalue weighted by Gasteiger charge is 2.26. The first kappa shape index (κ1) is 22.0. The van der Waals surface area contributed by atoms with E-state index in [0.29, 0.717) is 28.2 Å². The molecule has 0 radical (unpaired) electrons. The number of methoxy groups -OCH3 is 1. The summed E-state index contributed by atoms with van der Waals surface area (Å²) in [6.45, 7) is 1.60. The summed E-state index contributed by atoms with van der Waals surface area (Å²) in [6.07, 6.45) is -0.822. The first-order valence-electron chi connectivity index (χ1n) is 9.72. The highest BCUT2D eigenvalue weighted by molar-refractivity contribution is 5.98. The van der Waals surface area contributed by atoms with Gasteiger partial charge in [-0.1, -0.05) is 13.0 Å². The lowest BCUT2D eigenvalue weighted by Crippen LogP contribution is -2.33. The number of hydrogen-bond acceptors (Lipinski definition) is 6. The largest absolute Gasteiger partial charge is 0.465 e. The van der Waals surface area contributed by atoms with E-state index in [-0.39, 0.29) is 12.8 Å². The van der Waals surface area contributed by atoms with Crippen molar-refractivity contribution in [3.05, 3.63) is 42.2 Å². The van der Waals surface area contributed by atoms with Crippen molar-refractivity contribution < 1.29 is 29.3 Å². The van der Waals surface area contributed by atoms with Crippen molar-refractivity contribution in [3.63, 3.8) is 0 Å². The Morgan fingerprint density at radius 1 is 1.23 bits per heavy atom. The number of amides is 3. The Morgan fingerprint density at radius 2 is 2.00 bits per heavy atom. The molecule has 1 aromatic heterocycles. The van der Waals surface area contributed by atoms with Crippen molar-refractivity contribution in [1.29, 1.82) is 0 Å². The number of rotatable bonds is 2. The Kier molecular flexibility index (Phi) is 6.71. The van der Waals surface area contributed by atoms with E-state index in [1.165, 1.54) is 7.11 Å². The average Bonchev–Trinajstić information content (AvgIpc) is 2.75. The fraction of sp³-hybridized carbons (Fsp3) is 0.333. The molecule has 3 rings (SSSR count). The molecule has 10 heteroatoms. The minimum Gasteiger partial charge on any atom is -0.465 e. The molecule has 2 heterocycles. The fourth-order valence-electron chi connectivity index (χ4n) is 3.40. The molecule has 0 saturated heterocycles. The van der Waals surface area contributed by atoms with Crippen molar-refractivity contribution >= 4 is 29.5 Å². The van der Waals surface area contributed by atoms with Gasteiger partial charge in [-0.05, 0) is 42.7 Å². The van der Waals surface area contributed by atoms with E-state index >= 15 is 0 Å². The summed E-state index contributed by atoms with van der Waals surface area (Å²) in [5.41, 5.74) is 2.67. The standard InChI is InChI=1S/C21H24N4O6/c1-11-18(26)6-5-15(25-20(28)29)17-9-12(7-8-22-17)14-4-3-13(23-21(30)31-2)10-16(14)24-19(11)27/h3-4,7-11,15,18,25-26H,5-6H2,1-2H3,(H,23,30)(H,24,27)(H,28,29)/t11-,15+,18?/m1/s1. The Bertz CT molecular complexity index is 996. The van der Waals surface area contributed by atoms with Gasteiger partial charge in [0.2, 0.25) is 5.91 Å². The molecule has 1 unspecified atom stereocenters. The normalized spacial score (nSPS) is 20.9. The number of carbonyl (C=O) groups excluding carboxylic acids is 2. The predicted molar refractivity (Wildman–Crippen MR) is 113 cm³/mol. The van der Waals surface area contributed by atoms with E-state index in [1.54, 1.807) is 43.5 Å². The zero-order valence-corrected chi connectivity index (χ0v) is 17.1. The van der Waals surface area contributed by atoms with Crippen LogP contribution in [0.2, 0.25) is 0 Å². The lowest BCUT2D eigenvalue weighted by Gasteiger charge is -2.24. The molecular formula is C21H24N4O6. The second-order valence-corrected chi connectivity index (χ2v) is 7.27. The molecule has 2 aromatic rings. The van der Waals surface area contributed by atoms with Gasteiger partial charge in [-0.15, -0.1) is 0 Å². The number of nitrogens with zero attached hydrogens (tertiary/aromatic N) is 1. The summed E-state index contributed by atoms with van der Waals surface area (Å²) in [4.78, 5) is 39.9. The molecular weight excluding hydrogens is 404 g/mol. The third kappa shape index (κ3) is 5.28. The molecule has 1 aromatic carbocycles. The number of pyridine rings is 1. The van der Waals surface area contributed by atoms with Crippen LogP contribution in [-0.4, -0.2) is 46.5 Å². The van der Waals surface area contributed by atoms with Crippen LogP contribution < -0.4 is 16.0 Å². The van der Waals surface area contributed by atoms with Crippen LogP contribution in [0.5, 0.6) is 0 Å². The third-order valence-electron chi connectivity index (χ3n) is 5.20. The Hall–Kier alpha value is -3.66. The van der Waals surface area contributed by atoms with Gasteiger partial charge < -0.3 is 25.6 Å². The van der Waals surface area contributed by atoms with Crippen LogP contribution in [0.4, 0.5) is 21.0 Å². The molecule has 10 nitrogen and oxygen atoms in total. The van der Waals surface area contributed by atoms with Crippen molar-refractivity contribution in [1.82, 2.24) is 10.3 Å². The lowest BCUT2D eigenvalue weighted by atomic mass is 9.93. The molecule has 0 fully saturated rings. The van der Waals surface area contributed by atoms with Crippen molar-refractivity contribution in [2.75, 3.05) is 17.7 Å². The van der Waals surface area contributed by atoms with E-state index < -0.39 is 36.2 Å². The van der Waals surface area contributed by atoms with E-state index in [4.69, 9.17) is 0 Å². The van der Waals surface area contributed by atoms with Gasteiger partial charge in [-0.2, -0.15) is 0 Å². The van der Waals surface area contributed by atoms with Gasteiger partial charge in [0.15, 0.2) is 0 Å². The number of ether oxygens (including phenoxy) is 1. The number of fused-ring (bicyclic) bond motifs is 4. The smallest absolute Gasteiger partial charge is 0.411 e. The van der Waals surface area contributed by atoms with E-state index in [2.05, 4.69) is 25.7 Å². The van der Waals surface area contributed by atoms with Crippen LogP contribution in [0.3, 0.4) is 0 Å². The van der Waals surface area contributed by atoms with Gasteiger partial charge in [-0.3, -0.25) is 15.1 Å². The van der Waals surface area contributed by atoms with Crippen LogP contribution >= 0.6 is 0 Å². The number of anilines is 2. The van der Waals surface area contributed by atoms with Gasteiger partial charge in [0.25, 0.3) is 0 Å². The molecule has 0 saturated carbocycles. The summed E-state index contributed by atoms with van der Waals surface area (Å²) in [5, 5.41) is 27.5. The fourth-order valence-corrected chi connectivity index (χ4v) is 3.40. The predicted octanol–water partition coefficient (Wildman–Crippen LogP) is 2.96. The molecule has 0 spiro atoms. The van der Waals surface area contributed by atoms with Crippen LogP contribution in [0.25, 0.3) is 11.1 Å². The topological polar surface area (TPSA) is 150 Å². The number of aromatic nitrogens is 1. The molecule has 3 amide bonds. The summed E-state index contributed by atoms with van der Waals surface area (Å²) >= 11 is 0. The number of aliphatic hydroxyl groups excluding tert-OH is 1. The van der Waals surface area contributed by atoms with Crippen LogP contribution in [0.1, 0.15) is 31.5 Å². The number of carbonyl (C=O) groups is 3. The number of aliphatic hydroxyl groups is 1. The number of hydrogen-bond donors (Lipinski definition) is 5. The number of carboxylic acid groups (broad SMARTS) is 1. The molecule has 1 aliphatic rings. The zero-order chi connectivity index (χ0) is 22.5. The first-order valence-corrected chi connectivity index (χ1v) is 9.72. The van der Waals surface area contributed by atoms with Crippen LogP contribution in [0.15, 0.2) is 36.5 Å². The number of benzene rings is 1. The summed E-state index contributed by atoms with van der Waals surface area (Å²) < 4.78 is 4.61. The van der Waals surface area contributed by atoms with Crippen molar-refractivity contribution in [2.45, 2.75) is 31.9 Å². The first-order chi connectivity index (χ1) is 14.8. The summed E-state index contributed by atoms with van der Waals surface area (Å²) in [5.74, 6) is -1.15. The second-order valence-electron chi connectivity index (χ2n) is 7.27. The van der Waals surface area contributed by atoms with Gasteiger partial charge in [0.1, 0.15) is 0 Å². The molecule has 31 heavy (non-hydrogen) atoms. The van der Waals surface area contributed by atoms with Crippen molar-refractivity contribution in [2.24, 2.45) is 5.92 Å². The average molecular weight is 428 g/mol. The van der Waals surface area contributed by atoms with Gasteiger partial charge in [-0.25, -0.2) is 9.59 Å². The third-order valence-corrected chi connectivity index (χ3v) is 5.20. The zero-order valence-electron chi connectivity index (χ0n) is 17.1. The maximum absolute atomic E-state index is 12.8. The molecule has 3 atom stereocenters. The van der Waals surface area contributed by atoms with Crippen LogP contribution in [-0.2, 0) is 9.53 Å². The molecule has 0 aliphatic carbocycles. The highest BCUT2D eigenvalue weighted by atomic mass is 16.5. The van der Waals surface area contributed by atoms with E-state index in [0.717, 1.165) is 0 Å². The summed E-state index contributed by atoms with van der Waals surface area (Å²) in [7, 11) is 1.24. The summed E-state index contributed by atoms with van der Waals surface area (Å²) in [6, 6.07) is 7.78. The minimum atomic E-state index is -1.21. The van der Waals surface area contributed by atoms with E-state index in [9.17, 15) is 24.6 Å².